The minimum atomic E-state index is -0.724. The lowest BCUT2D eigenvalue weighted by Gasteiger charge is -2.25. The molecule has 3 aromatic rings. The van der Waals surface area contributed by atoms with Crippen molar-refractivity contribution in [2.24, 2.45) is 4.99 Å². The van der Waals surface area contributed by atoms with Crippen molar-refractivity contribution < 1.29 is 0 Å². The van der Waals surface area contributed by atoms with E-state index in [0.717, 1.165) is 11.3 Å². The summed E-state index contributed by atoms with van der Waals surface area (Å²) in [5.41, 5.74) is 2.22. The SMILES string of the molecule is c1ccc(NC(=NC2CCCCC2)P(c2ccccc2)c2ccccc2)cc1. The van der Waals surface area contributed by atoms with Gasteiger partial charge in [-0.15, -0.1) is 0 Å². The molecule has 142 valence electrons. The van der Waals surface area contributed by atoms with Crippen molar-refractivity contribution in [3.05, 3.63) is 91.0 Å². The molecule has 3 heteroatoms. The zero-order chi connectivity index (χ0) is 19.0. The number of hydrogen-bond acceptors (Lipinski definition) is 1. The molecule has 0 spiro atoms. The van der Waals surface area contributed by atoms with E-state index in [2.05, 4.69) is 96.3 Å². The molecule has 0 saturated heterocycles. The van der Waals surface area contributed by atoms with Crippen LogP contribution in [0.2, 0.25) is 0 Å². The first-order chi connectivity index (χ1) is 13.9. The number of aliphatic imine (C=N–C) groups is 1. The minimum Gasteiger partial charge on any atom is -0.340 e. The average molecular weight is 386 g/mol. The molecule has 4 rings (SSSR count). The summed E-state index contributed by atoms with van der Waals surface area (Å²) in [6.07, 6.45) is 6.34. The maximum atomic E-state index is 5.32. The van der Waals surface area contributed by atoms with E-state index in [-0.39, 0.29) is 0 Å². The van der Waals surface area contributed by atoms with Crippen LogP contribution in [-0.4, -0.2) is 11.6 Å². The summed E-state index contributed by atoms with van der Waals surface area (Å²) in [6.45, 7) is 0. The Morgan fingerprint density at radius 3 is 1.71 bits per heavy atom. The summed E-state index contributed by atoms with van der Waals surface area (Å²) in [7, 11) is -0.724. The highest BCUT2D eigenvalue weighted by Gasteiger charge is 2.23. The maximum Gasteiger partial charge on any atom is 0.133 e. The largest absolute Gasteiger partial charge is 0.340 e. The minimum absolute atomic E-state index is 0.428. The van der Waals surface area contributed by atoms with E-state index < -0.39 is 7.92 Å². The fourth-order valence-electron chi connectivity index (χ4n) is 3.73. The van der Waals surface area contributed by atoms with Crippen LogP contribution in [0.5, 0.6) is 0 Å². The second-order valence-corrected chi connectivity index (χ2v) is 9.37. The Bertz CT molecular complexity index is 833. The standard InChI is InChI=1S/C25H27N2P/c1-5-13-21(14-6-1)26-25(27-22-15-7-2-8-16-22)28(23-17-9-3-10-18-23)24-19-11-4-12-20-24/h1,3-6,9-14,17-20,22H,2,7-8,15-16H2,(H,26,27). The van der Waals surface area contributed by atoms with Gasteiger partial charge in [0.2, 0.25) is 0 Å². The smallest absolute Gasteiger partial charge is 0.133 e. The van der Waals surface area contributed by atoms with E-state index in [9.17, 15) is 0 Å². The number of nitrogens with zero attached hydrogens (tertiary/aromatic N) is 1. The predicted octanol–water partition coefficient (Wildman–Crippen LogP) is 5.92. The zero-order valence-electron chi connectivity index (χ0n) is 16.2. The summed E-state index contributed by atoms with van der Waals surface area (Å²) < 4.78 is 0. The molecule has 3 aromatic carbocycles. The summed E-state index contributed by atoms with van der Waals surface area (Å²) in [5, 5.41) is 6.37. The highest BCUT2D eigenvalue weighted by Crippen LogP contribution is 2.37. The number of anilines is 1. The molecule has 0 aromatic heterocycles. The molecule has 1 saturated carbocycles. The Kier molecular flexibility index (Phi) is 6.52. The van der Waals surface area contributed by atoms with Crippen LogP contribution in [0.15, 0.2) is 96.0 Å². The Morgan fingerprint density at radius 2 is 1.18 bits per heavy atom. The van der Waals surface area contributed by atoms with E-state index >= 15 is 0 Å². The van der Waals surface area contributed by atoms with E-state index in [0.29, 0.717) is 6.04 Å². The summed E-state index contributed by atoms with van der Waals surface area (Å²) in [5.74, 6) is 0. The van der Waals surface area contributed by atoms with Gasteiger partial charge in [0.05, 0.1) is 6.04 Å². The van der Waals surface area contributed by atoms with Crippen molar-refractivity contribution in [3.63, 3.8) is 0 Å². The monoisotopic (exact) mass is 386 g/mol. The van der Waals surface area contributed by atoms with Gasteiger partial charge in [-0.2, -0.15) is 0 Å². The molecule has 1 aliphatic rings. The van der Waals surface area contributed by atoms with Gasteiger partial charge in [-0.1, -0.05) is 98.1 Å². The number of nitrogens with one attached hydrogen (secondary N) is 1. The van der Waals surface area contributed by atoms with Gasteiger partial charge < -0.3 is 5.32 Å². The second-order valence-electron chi connectivity index (χ2n) is 7.24. The second kappa shape index (κ2) is 9.66. The lowest BCUT2D eigenvalue weighted by atomic mass is 9.96. The molecule has 0 radical (unpaired) electrons. The van der Waals surface area contributed by atoms with Gasteiger partial charge in [0.15, 0.2) is 0 Å². The lowest BCUT2D eigenvalue weighted by Crippen LogP contribution is -2.25. The Morgan fingerprint density at radius 1 is 0.679 bits per heavy atom. The number of rotatable bonds is 5. The highest BCUT2D eigenvalue weighted by atomic mass is 31.1. The quantitative estimate of drug-likeness (QED) is 0.328. The molecule has 1 aliphatic carbocycles. The van der Waals surface area contributed by atoms with Crippen LogP contribution in [0.3, 0.4) is 0 Å². The molecule has 0 unspecified atom stereocenters. The molecular weight excluding hydrogens is 359 g/mol. The summed E-state index contributed by atoms with van der Waals surface area (Å²) >= 11 is 0. The van der Waals surface area contributed by atoms with Crippen molar-refractivity contribution in [1.29, 1.82) is 0 Å². The van der Waals surface area contributed by atoms with Gasteiger partial charge in [-0.25, -0.2) is 0 Å². The van der Waals surface area contributed by atoms with Crippen molar-refractivity contribution >= 4 is 29.8 Å². The van der Waals surface area contributed by atoms with Crippen molar-refractivity contribution in [2.45, 2.75) is 38.1 Å². The molecule has 0 bridgehead atoms. The molecule has 1 fully saturated rings. The molecule has 0 heterocycles. The fourth-order valence-corrected chi connectivity index (χ4v) is 5.97. The average Bonchev–Trinajstić information content (AvgIpc) is 2.77. The van der Waals surface area contributed by atoms with E-state index in [4.69, 9.17) is 4.99 Å². The van der Waals surface area contributed by atoms with Gasteiger partial charge in [0.1, 0.15) is 5.58 Å². The third-order valence-electron chi connectivity index (χ3n) is 5.15. The molecular formula is C25H27N2P. The number of para-hydroxylation sites is 1. The Labute approximate surface area is 169 Å². The first-order valence-electron chi connectivity index (χ1n) is 10.2. The third-order valence-corrected chi connectivity index (χ3v) is 7.43. The van der Waals surface area contributed by atoms with Gasteiger partial charge in [-0.05, 0) is 35.6 Å². The first kappa shape index (κ1) is 18.9. The lowest BCUT2D eigenvalue weighted by molar-refractivity contribution is 0.444. The maximum absolute atomic E-state index is 5.32. The van der Waals surface area contributed by atoms with Crippen LogP contribution in [0.4, 0.5) is 5.69 Å². The summed E-state index contributed by atoms with van der Waals surface area (Å²) in [4.78, 5) is 5.32. The first-order valence-corrected chi connectivity index (χ1v) is 11.5. The number of amidine groups is 1. The topological polar surface area (TPSA) is 24.4 Å². The van der Waals surface area contributed by atoms with Crippen LogP contribution in [0, 0.1) is 0 Å². The zero-order valence-corrected chi connectivity index (χ0v) is 17.1. The van der Waals surface area contributed by atoms with Gasteiger partial charge in [0.25, 0.3) is 0 Å². The number of benzene rings is 3. The Balaban J connectivity index is 1.77. The Hall–Kier alpha value is -2.44. The normalized spacial score (nSPS) is 15.5. The fraction of sp³-hybridized carbons (Fsp3) is 0.240. The molecule has 0 atom stereocenters. The van der Waals surface area contributed by atoms with Gasteiger partial charge in [-0.3, -0.25) is 4.99 Å². The van der Waals surface area contributed by atoms with E-state index in [1.165, 1.54) is 42.7 Å². The molecule has 28 heavy (non-hydrogen) atoms. The molecule has 2 nitrogen and oxygen atoms in total. The molecule has 1 N–H and O–H groups in total. The van der Waals surface area contributed by atoms with Crippen LogP contribution < -0.4 is 15.9 Å². The summed E-state index contributed by atoms with van der Waals surface area (Å²) in [6, 6.07) is 32.5. The van der Waals surface area contributed by atoms with Crippen LogP contribution in [0.25, 0.3) is 0 Å². The van der Waals surface area contributed by atoms with Crippen LogP contribution in [-0.2, 0) is 0 Å². The van der Waals surface area contributed by atoms with Crippen LogP contribution >= 0.6 is 7.92 Å². The van der Waals surface area contributed by atoms with E-state index in [1.807, 2.05) is 0 Å². The van der Waals surface area contributed by atoms with Gasteiger partial charge >= 0.3 is 0 Å². The molecule has 0 amide bonds. The number of hydrogen-bond donors (Lipinski definition) is 1. The van der Waals surface area contributed by atoms with Crippen molar-refractivity contribution in [1.82, 2.24) is 0 Å². The highest BCUT2D eigenvalue weighted by molar-refractivity contribution is 7.88. The van der Waals surface area contributed by atoms with E-state index in [1.54, 1.807) is 0 Å². The molecule has 0 aliphatic heterocycles. The predicted molar refractivity (Wildman–Crippen MR) is 123 cm³/mol. The van der Waals surface area contributed by atoms with Crippen molar-refractivity contribution in [3.8, 4) is 0 Å². The van der Waals surface area contributed by atoms with Crippen molar-refractivity contribution in [2.75, 3.05) is 5.32 Å². The third kappa shape index (κ3) is 4.88. The van der Waals surface area contributed by atoms with Crippen LogP contribution in [0.1, 0.15) is 32.1 Å². The van der Waals surface area contributed by atoms with Gasteiger partial charge in [0, 0.05) is 13.6 Å².